The standard InChI is InChI=1S/C45H27N5S/c1-3-14-28(15-4-1)43-46-44(35-21-13-25-39-40(35)34-20-9-12-24-38(34)51-39)48-45(47-43)50-37-23-11-8-19-31(37)33-27-26-32-30-18-7-10-22-36(30)49(41(32)42(33)50)29-16-5-2-6-17-29/h1-27H/i2D,5D,6D,16D,17D. The molecule has 11 rings (SSSR count). The van der Waals surface area contributed by atoms with E-state index in [0.717, 1.165) is 59.2 Å². The largest absolute Gasteiger partial charge is 0.307 e. The average molecular weight is 675 g/mol. The summed E-state index contributed by atoms with van der Waals surface area (Å²) in [4.78, 5) is 15.7. The molecule has 0 atom stereocenters. The molecule has 0 unspecified atom stereocenters. The third kappa shape index (κ3) is 4.17. The first-order valence-corrected chi connectivity index (χ1v) is 17.5. The highest BCUT2D eigenvalue weighted by Gasteiger charge is 2.24. The summed E-state index contributed by atoms with van der Waals surface area (Å²) in [5.41, 5.74) is 4.77. The van der Waals surface area contributed by atoms with Crippen LogP contribution in [0.5, 0.6) is 0 Å². The summed E-state index contributed by atoms with van der Waals surface area (Å²) in [6.07, 6.45) is 0. The Bertz CT molecular complexity index is 3410. The van der Waals surface area contributed by atoms with Crippen molar-refractivity contribution in [3.05, 3.63) is 164 Å². The summed E-state index contributed by atoms with van der Waals surface area (Å²) in [5.74, 6) is 1.42. The molecule has 238 valence electrons. The smallest absolute Gasteiger partial charge is 0.238 e. The Morgan fingerprint density at radius 3 is 1.84 bits per heavy atom. The van der Waals surface area contributed by atoms with E-state index in [1.807, 2.05) is 88.0 Å². The zero-order valence-electron chi connectivity index (χ0n) is 31.8. The Morgan fingerprint density at radius 2 is 1.08 bits per heavy atom. The fraction of sp³-hybridized carbons (Fsp3) is 0. The second kappa shape index (κ2) is 10.9. The Morgan fingerprint density at radius 1 is 0.471 bits per heavy atom. The molecule has 4 aromatic heterocycles. The van der Waals surface area contributed by atoms with Crippen LogP contribution in [0.4, 0.5) is 0 Å². The number of nitrogens with zero attached hydrogens (tertiary/aromatic N) is 5. The third-order valence-corrected chi connectivity index (χ3v) is 10.8. The number of fused-ring (bicyclic) bond motifs is 10. The van der Waals surface area contributed by atoms with Gasteiger partial charge in [0.05, 0.1) is 28.9 Å². The van der Waals surface area contributed by atoms with E-state index in [9.17, 15) is 0 Å². The second-order valence-electron chi connectivity index (χ2n) is 12.5. The van der Waals surface area contributed by atoms with Crippen LogP contribution in [0.1, 0.15) is 6.85 Å². The topological polar surface area (TPSA) is 48.5 Å². The SMILES string of the molecule is [2H]c1c([2H])c([2H])c(-n2c3ccccc3c3ccc4c5ccccc5n(-c5nc(-c6ccccc6)nc(-c6cccc7sc8ccccc8c67)n5)c4c32)c([2H])c1[2H]. The molecule has 0 aliphatic heterocycles. The molecular weight excluding hydrogens is 643 g/mol. The van der Waals surface area contributed by atoms with Crippen LogP contribution in [-0.2, 0) is 0 Å². The molecule has 0 spiro atoms. The van der Waals surface area contributed by atoms with Gasteiger partial charge in [-0.15, -0.1) is 11.3 Å². The van der Waals surface area contributed by atoms with E-state index < -0.39 is 18.1 Å². The molecule has 0 amide bonds. The maximum atomic E-state index is 9.12. The Balaban J connectivity index is 1.33. The van der Waals surface area contributed by atoms with Gasteiger partial charge in [0.25, 0.3) is 0 Å². The number of para-hydroxylation sites is 3. The molecule has 5 nitrogen and oxygen atoms in total. The molecule has 0 saturated carbocycles. The van der Waals surface area contributed by atoms with Crippen LogP contribution in [-0.4, -0.2) is 24.1 Å². The maximum Gasteiger partial charge on any atom is 0.238 e. The summed E-state index contributed by atoms with van der Waals surface area (Å²) < 4.78 is 50.1. The lowest BCUT2D eigenvalue weighted by molar-refractivity contribution is 0.954. The molecular formula is C45H27N5S. The van der Waals surface area contributed by atoms with Gasteiger partial charge in [-0.1, -0.05) is 127 Å². The van der Waals surface area contributed by atoms with E-state index >= 15 is 0 Å². The van der Waals surface area contributed by atoms with Gasteiger partial charge in [-0.2, -0.15) is 9.97 Å². The predicted molar refractivity (Wildman–Crippen MR) is 212 cm³/mol. The molecule has 0 saturated heterocycles. The summed E-state index contributed by atoms with van der Waals surface area (Å²) in [6.45, 7) is 0. The minimum Gasteiger partial charge on any atom is -0.307 e. The second-order valence-corrected chi connectivity index (χ2v) is 13.5. The Hall–Kier alpha value is -6.63. The fourth-order valence-corrected chi connectivity index (χ4v) is 8.69. The molecule has 0 aliphatic carbocycles. The minimum absolute atomic E-state index is 0.0730. The minimum atomic E-state index is -0.441. The molecule has 11 aromatic rings. The fourth-order valence-electron chi connectivity index (χ4n) is 7.56. The lowest BCUT2D eigenvalue weighted by Gasteiger charge is -2.13. The normalized spacial score (nSPS) is 13.3. The number of aromatic nitrogens is 5. The first kappa shape index (κ1) is 23.7. The molecule has 0 fully saturated rings. The first-order valence-electron chi connectivity index (χ1n) is 19.1. The van der Waals surface area contributed by atoms with Crippen molar-refractivity contribution >= 4 is 75.1 Å². The molecule has 0 N–H and O–H groups in total. The van der Waals surface area contributed by atoms with Gasteiger partial charge in [-0.25, -0.2) is 4.98 Å². The van der Waals surface area contributed by atoms with E-state index in [-0.39, 0.29) is 17.8 Å². The van der Waals surface area contributed by atoms with Gasteiger partial charge in [-0.05, 0) is 36.4 Å². The van der Waals surface area contributed by atoms with Gasteiger partial charge >= 0.3 is 0 Å². The predicted octanol–water partition coefficient (Wildman–Crippen LogP) is 11.8. The van der Waals surface area contributed by atoms with E-state index in [1.54, 1.807) is 11.3 Å². The van der Waals surface area contributed by atoms with Crippen molar-refractivity contribution in [3.63, 3.8) is 0 Å². The van der Waals surface area contributed by atoms with Crippen LogP contribution >= 0.6 is 11.3 Å². The van der Waals surface area contributed by atoms with E-state index in [4.69, 9.17) is 21.8 Å². The number of hydrogen-bond donors (Lipinski definition) is 0. The van der Waals surface area contributed by atoms with Gasteiger partial charge < -0.3 is 4.57 Å². The van der Waals surface area contributed by atoms with Crippen LogP contribution in [0.25, 0.3) is 98.2 Å². The van der Waals surface area contributed by atoms with Gasteiger partial charge in [0.1, 0.15) is 0 Å². The highest BCUT2D eigenvalue weighted by atomic mass is 32.1. The molecule has 6 heteroatoms. The van der Waals surface area contributed by atoms with Crippen molar-refractivity contribution in [3.8, 4) is 34.4 Å². The van der Waals surface area contributed by atoms with Crippen molar-refractivity contribution in [2.75, 3.05) is 0 Å². The lowest BCUT2D eigenvalue weighted by atomic mass is 10.1. The third-order valence-electron chi connectivity index (χ3n) is 9.68. The Labute approximate surface area is 303 Å². The van der Waals surface area contributed by atoms with Gasteiger partial charge in [0.15, 0.2) is 11.6 Å². The maximum absolute atomic E-state index is 9.12. The Kier molecular flexibility index (Phi) is 5.08. The summed E-state index contributed by atoms with van der Waals surface area (Å²) in [7, 11) is 0. The molecule has 51 heavy (non-hydrogen) atoms. The summed E-state index contributed by atoms with van der Waals surface area (Å²) in [5, 5.41) is 5.81. The highest BCUT2D eigenvalue weighted by Crippen LogP contribution is 2.43. The lowest BCUT2D eigenvalue weighted by Crippen LogP contribution is -2.07. The van der Waals surface area contributed by atoms with Crippen molar-refractivity contribution in [1.82, 2.24) is 24.1 Å². The van der Waals surface area contributed by atoms with Crippen LogP contribution in [0.15, 0.2) is 164 Å². The first-order chi connectivity index (χ1) is 27.4. The molecule has 4 heterocycles. The zero-order chi connectivity index (χ0) is 37.8. The molecule has 0 aliphatic rings. The number of hydrogen-bond acceptors (Lipinski definition) is 4. The summed E-state index contributed by atoms with van der Waals surface area (Å²) >= 11 is 1.74. The van der Waals surface area contributed by atoms with Crippen molar-refractivity contribution < 1.29 is 6.85 Å². The zero-order valence-corrected chi connectivity index (χ0v) is 27.7. The monoisotopic (exact) mass is 674 g/mol. The van der Waals surface area contributed by atoms with Crippen molar-refractivity contribution in [2.24, 2.45) is 0 Å². The van der Waals surface area contributed by atoms with Crippen LogP contribution in [0, 0.1) is 0 Å². The van der Waals surface area contributed by atoms with Gasteiger partial charge in [0.2, 0.25) is 5.95 Å². The molecule has 0 radical (unpaired) electrons. The van der Waals surface area contributed by atoms with E-state index in [0.29, 0.717) is 28.6 Å². The van der Waals surface area contributed by atoms with Crippen molar-refractivity contribution in [2.45, 2.75) is 0 Å². The number of benzene rings is 7. The van der Waals surface area contributed by atoms with E-state index in [2.05, 4.69) is 54.6 Å². The average Bonchev–Trinajstić information content (AvgIpc) is 3.90. The quantitative estimate of drug-likeness (QED) is 0.187. The molecule has 0 bridgehead atoms. The van der Waals surface area contributed by atoms with Gasteiger partial charge in [0, 0.05) is 58.5 Å². The van der Waals surface area contributed by atoms with E-state index in [1.165, 1.54) is 4.70 Å². The number of rotatable bonds is 4. The van der Waals surface area contributed by atoms with Gasteiger partial charge in [-0.3, -0.25) is 4.57 Å². The molecule has 7 aromatic carbocycles. The van der Waals surface area contributed by atoms with Crippen molar-refractivity contribution in [1.29, 1.82) is 0 Å². The van der Waals surface area contributed by atoms with Crippen LogP contribution in [0.3, 0.4) is 0 Å². The number of thiophene rings is 1. The highest BCUT2D eigenvalue weighted by molar-refractivity contribution is 7.25. The van der Waals surface area contributed by atoms with Crippen LogP contribution < -0.4 is 0 Å². The summed E-state index contributed by atoms with van der Waals surface area (Å²) in [6, 6.07) is 42.7. The van der Waals surface area contributed by atoms with Crippen LogP contribution in [0.2, 0.25) is 0 Å².